The Labute approximate surface area is 189 Å². The van der Waals surface area contributed by atoms with Crippen molar-refractivity contribution in [1.29, 1.82) is 0 Å². The highest BCUT2D eigenvalue weighted by Gasteiger charge is 2.20. The van der Waals surface area contributed by atoms with Crippen LogP contribution in [-0.4, -0.2) is 42.0 Å². The van der Waals surface area contributed by atoms with E-state index in [2.05, 4.69) is 10.4 Å². The van der Waals surface area contributed by atoms with Crippen LogP contribution in [0.4, 0.5) is 0 Å². The summed E-state index contributed by atoms with van der Waals surface area (Å²) in [5.41, 5.74) is 3.46. The third-order valence-electron chi connectivity index (χ3n) is 5.21. The molecule has 3 heterocycles. The lowest BCUT2D eigenvalue weighted by Crippen LogP contribution is -2.23. The van der Waals surface area contributed by atoms with Crippen LogP contribution in [-0.2, 0) is 13.6 Å². The van der Waals surface area contributed by atoms with E-state index >= 15 is 0 Å². The van der Waals surface area contributed by atoms with E-state index < -0.39 is 0 Å². The third kappa shape index (κ3) is 3.87. The number of hydrogen-bond donors (Lipinski definition) is 1. The van der Waals surface area contributed by atoms with Crippen molar-refractivity contribution >= 4 is 28.3 Å². The van der Waals surface area contributed by atoms with Gasteiger partial charge in [-0.05, 0) is 30.5 Å². The summed E-state index contributed by atoms with van der Waals surface area (Å²) in [7, 11) is 6.54. The van der Waals surface area contributed by atoms with E-state index in [9.17, 15) is 4.79 Å². The van der Waals surface area contributed by atoms with Crippen molar-refractivity contribution in [1.82, 2.24) is 20.1 Å². The van der Waals surface area contributed by atoms with E-state index in [1.165, 1.54) is 0 Å². The second-order valence-corrected chi connectivity index (χ2v) is 8.09. The Morgan fingerprint density at radius 1 is 1.09 bits per heavy atom. The van der Waals surface area contributed by atoms with Crippen LogP contribution < -0.4 is 19.5 Å². The number of benzene rings is 1. The van der Waals surface area contributed by atoms with Gasteiger partial charge in [0.25, 0.3) is 5.91 Å². The van der Waals surface area contributed by atoms with Gasteiger partial charge in [0, 0.05) is 25.2 Å². The fourth-order valence-corrected chi connectivity index (χ4v) is 4.36. The quantitative estimate of drug-likeness (QED) is 0.457. The van der Waals surface area contributed by atoms with E-state index in [0.29, 0.717) is 28.5 Å². The minimum absolute atomic E-state index is 0.219. The van der Waals surface area contributed by atoms with Gasteiger partial charge in [0.15, 0.2) is 17.1 Å². The molecule has 0 unspecified atom stereocenters. The van der Waals surface area contributed by atoms with Gasteiger partial charge < -0.3 is 19.5 Å². The molecule has 3 aromatic heterocycles. The number of ether oxygens (including phenoxy) is 3. The van der Waals surface area contributed by atoms with Gasteiger partial charge in [-0.15, -0.1) is 11.3 Å². The zero-order valence-electron chi connectivity index (χ0n) is 18.6. The number of aromatic nitrogens is 3. The summed E-state index contributed by atoms with van der Waals surface area (Å²) < 4.78 is 17.9. The van der Waals surface area contributed by atoms with Crippen LogP contribution in [0.1, 0.15) is 21.6 Å². The number of amides is 1. The smallest absolute Gasteiger partial charge is 0.252 e. The van der Waals surface area contributed by atoms with Crippen molar-refractivity contribution in [2.24, 2.45) is 7.05 Å². The Morgan fingerprint density at radius 2 is 1.81 bits per heavy atom. The van der Waals surface area contributed by atoms with E-state index in [1.54, 1.807) is 49.5 Å². The number of methoxy groups -OCH3 is 3. The molecule has 0 atom stereocenters. The summed E-state index contributed by atoms with van der Waals surface area (Å²) in [6.45, 7) is 2.13. The van der Waals surface area contributed by atoms with Crippen LogP contribution in [0.2, 0.25) is 0 Å². The summed E-state index contributed by atoms with van der Waals surface area (Å²) in [6, 6.07) is 9.31. The number of nitrogens with one attached hydrogen (secondary N) is 1. The molecule has 1 amide bonds. The summed E-state index contributed by atoms with van der Waals surface area (Å²) >= 11 is 1.57. The number of pyridine rings is 1. The molecule has 9 heteroatoms. The Kier molecular flexibility index (Phi) is 6.00. The molecule has 1 N–H and O–H groups in total. The summed E-state index contributed by atoms with van der Waals surface area (Å²) in [4.78, 5) is 19.1. The average Bonchev–Trinajstić information content (AvgIpc) is 3.44. The highest BCUT2D eigenvalue weighted by atomic mass is 32.1. The number of rotatable bonds is 7. The van der Waals surface area contributed by atoms with Gasteiger partial charge in [-0.25, -0.2) is 4.98 Å². The lowest BCUT2D eigenvalue weighted by molar-refractivity contribution is 0.0952. The van der Waals surface area contributed by atoms with Crippen LogP contribution in [0.25, 0.3) is 21.6 Å². The number of hydrogen-bond acceptors (Lipinski definition) is 7. The minimum Gasteiger partial charge on any atom is -0.496 e. The highest BCUT2D eigenvalue weighted by Crippen LogP contribution is 2.35. The van der Waals surface area contributed by atoms with Crippen LogP contribution in [0.15, 0.2) is 35.7 Å². The number of aryl methyl sites for hydroxylation is 2. The Hall–Kier alpha value is -3.59. The van der Waals surface area contributed by atoms with Gasteiger partial charge in [-0.1, -0.05) is 6.07 Å². The van der Waals surface area contributed by atoms with Crippen molar-refractivity contribution in [3.05, 3.63) is 52.5 Å². The first-order valence-electron chi connectivity index (χ1n) is 9.92. The van der Waals surface area contributed by atoms with E-state index in [-0.39, 0.29) is 12.5 Å². The van der Waals surface area contributed by atoms with Gasteiger partial charge in [-0.3, -0.25) is 9.48 Å². The molecular formula is C23H24N4O4S. The number of carbonyl (C=O) groups excluding carboxylic acids is 1. The topological polar surface area (TPSA) is 87.5 Å². The van der Waals surface area contributed by atoms with Gasteiger partial charge in [0.1, 0.15) is 5.75 Å². The highest BCUT2D eigenvalue weighted by molar-refractivity contribution is 7.13. The predicted molar refractivity (Wildman–Crippen MR) is 124 cm³/mol. The summed E-state index contributed by atoms with van der Waals surface area (Å²) in [6.07, 6.45) is 0. The molecule has 0 saturated carbocycles. The summed E-state index contributed by atoms with van der Waals surface area (Å²) in [5, 5.41) is 10.2. The van der Waals surface area contributed by atoms with Crippen LogP contribution in [0.5, 0.6) is 17.2 Å². The molecule has 0 radical (unpaired) electrons. The Bertz CT molecular complexity index is 1280. The van der Waals surface area contributed by atoms with Crippen molar-refractivity contribution in [2.75, 3.05) is 21.3 Å². The van der Waals surface area contributed by atoms with Gasteiger partial charge in [-0.2, -0.15) is 5.10 Å². The molecular weight excluding hydrogens is 428 g/mol. The molecule has 0 saturated heterocycles. The fourth-order valence-electron chi connectivity index (χ4n) is 3.68. The molecule has 166 valence electrons. The summed E-state index contributed by atoms with van der Waals surface area (Å²) in [5.74, 6) is 1.50. The molecule has 32 heavy (non-hydrogen) atoms. The zero-order chi connectivity index (χ0) is 22.8. The van der Waals surface area contributed by atoms with E-state index in [1.807, 2.05) is 37.6 Å². The Balaban J connectivity index is 1.71. The number of nitrogens with zero attached hydrogens (tertiary/aromatic N) is 3. The lowest BCUT2D eigenvalue weighted by Gasteiger charge is -2.15. The molecule has 0 aliphatic carbocycles. The predicted octanol–water partition coefficient (Wildman–Crippen LogP) is 3.96. The second-order valence-electron chi connectivity index (χ2n) is 7.14. The third-order valence-corrected chi connectivity index (χ3v) is 6.11. The largest absolute Gasteiger partial charge is 0.496 e. The monoisotopic (exact) mass is 452 g/mol. The molecule has 4 rings (SSSR count). The molecule has 0 spiro atoms. The van der Waals surface area contributed by atoms with Gasteiger partial charge in [0.05, 0.1) is 48.5 Å². The normalized spacial score (nSPS) is 10.9. The van der Waals surface area contributed by atoms with E-state index in [4.69, 9.17) is 19.2 Å². The maximum absolute atomic E-state index is 13.3. The van der Waals surface area contributed by atoms with Gasteiger partial charge in [0.2, 0.25) is 0 Å². The minimum atomic E-state index is -0.219. The first kappa shape index (κ1) is 21.6. The van der Waals surface area contributed by atoms with Crippen LogP contribution in [0, 0.1) is 6.92 Å². The van der Waals surface area contributed by atoms with Crippen molar-refractivity contribution in [2.45, 2.75) is 13.5 Å². The number of fused-ring (bicyclic) bond motifs is 1. The molecule has 8 nitrogen and oxygen atoms in total. The van der Waals surface area contributed by atoms with Crippen molar-refractivity contribution < 1.29 is 19.0 Å². The van der Waals surface area contributed by atoms with E-state index in [0.717, 1.165) is 27.2 Å². The maximum atomic E-state index is 13.3. The SMILES string of the molecule is COc1cc(OC)c(OC)cc1CNC(=O)c1cc(-c2cccs2)nc2c1c(C)nn2C. The average molecular weight is 453 g/mol. The van der Waals surface area contributed by atoms with Crippen molar-refractivity contribution in [3.63, 3.8) is 0 Å². The van der Waals surface area contributed by atoms with Gasteiger partial charge >= 0.3 is 0 Å². The van der Waals surface area contributed by atoms with Crippen LogP contribution >= 0.6 is 11.3 Å². The molecule has 0 fully saturated rings. The number of thiophene rings is 1. The molecule has 0 aliphatic heterocycles. The van der Waals surface area contributed by atoms with Crippen LogP contribution in [0.3, 0.4) is 0 Å². The standard InChI is InChI=1S/C23H24N4O4S/c1-13-21-15(10-16(20-7-6-8-32-20)25-22(21)27(2)26-13)23(28)24-12-14-9-18(30-4)19(31-5)11-17(14)29-3/h6-11H,12H2,1-5H3,(H,24,28). The lowest BCUT2D eigenvalue weighted by atomic mass is 10.1. The first-order valence-corrected chi connectivity index (χ1v) is 10.8. The molecule has 0 bridgehead atoms. The fraction of sp³-hybridized carbons (Fsp3) is 0.261. The Morgan fingerprint density at radius 3 is 2.47 bits per heavy atom. The number of carbonyl (C=O) groups is 1. The molecule has 4 aromatic rings. The first-order chi connectivity index (χ1) is 15.5. The zero-order valence-corrected chi connectivity index (χ0v) is 19.4. The second kappa shape index (κ2) is 8.88. The van der Waals surface area contributed by atoms with Crippen molar-refractivity contribution in [3.8, 4) is 27.8 Å². The molecule has 1 aromatic carbocycles. The maximum Gasteiger partial charge on any atom is 0.252 e. The molecule has 0 aliphatic rings.